The molecule has 0 bridgehead atoms. The minimum Gasteiger partial charge on any atom is -0.550 e. The number of sulfonamides is 1. The van der Waals surface area contributed by atoms with Crippen molar-refractivity contribution >= 4 is 31.9 Å². The van der Waals surface area contributed by atoms with Crippen LogP contribution in [0.2, 0.25) is 0 Å². The van der Waals surface area contributed by atoms with Crippen LogP contribution in [0.1, 0.15) is 6.42 Å². The first-order valence-electron chi connectivity index (χ1n) is 4.37. The molecule has 88 valence electrons. The first-order valence-corrected chi connectivity index (χ1v) is 6.64. The van der Waals surface area contributed by atoms with E-state index in [0.717, 1.165) is 4.47 Å². The van der Waals surface area contributed by atoms with Gasteiger partial charge in [0, 0.05) is 23.4 Å². The fourth-order valence-corrected chi connectivity index (χ4v) is 2.28. The fraction of sp³-hybridized carbons (Fsp3) is 0.222. The van der Waals surface area contributed by atoms with Crippen LogP contribution in [0.4, 0.5) is 0 Å². The van der Waals surface area contributed by atoms with E-state index in [1.807, 2.05) is 0 Å². The number of hydrogen-bond donors (Lipinski definition) is 1. The third kappa shape index (κ3) is 5.70. The van der Waals surface area contributed by atoms with E-state index in [-0.39, 0.29) is 36.7 Å². The summed E-state index contributed by atoms with van der Waals surface area (Å²) < 4.78 is 26.1. The van der Waals surface area contributed by atoms with Gasteiger partial charge in [-0.25, -0.2) is 13.1 Å². The maximum atomic E-state index is 11.6. The molecule has 8 heteroatoms. The summed E-state index contributed by atoms with van der Waals surface area (Å²) in [6, 6.07) is 6.03. The summed E-state index contributed by atoms with van der Waals surface area (Å²) in [7, 11) is -3.63. The molecule has 0 aromatic heterocycles. The van der Waals surface area contributed by atoms with E-state index in [2.05, 4.69) is 20.7 Å². The summed E-state index contributed by atoms with van der Waals surface area (Å²) in [4.78, 5) is 10.2. The van der Waals surface area contributed by atoms with Crippen LogP contribution in [0.3, 0.4) is 0 Å². The molecule has 0 heterocycles. The van der Waals surface area contributed by atoms with Gasteiger partial charge in [0.1, 0.15) is 0 Å². The molecule has 0 aliphatic rings. The van der Waals surface area contributed by atoms with E-state index >= 15 is 0 Å². The topological polar surface area (TPSA) is 86.3 Å². The normalized spacial score (nSPS) is 10.6. The molecule has 5 nitrogen and oxygen atoms in total. The average molecular weight is 314 g/mol. The van der Waals surface area contributed by atoms with E-state index < -0.39 is 16.0 Å². The average Bonchev–Trinajstić information content (AvgIpc) is 2.17. The molecular weight excluding hydrogens is 305 g/mol. The van der Waals surface area contributed by atoms with Crippen LogP contribution in [0.15, 0.2) is 33.6 Å². The Morgan fingerprint density at radius 2 is 1.82 bits per heavy atom. The number of rotatable bonds is 5. The Morgan fingerprint density at radius 1 is 1.29 bits per heavy atom. The van der Waals surface area contributed by atoms with Gasteiger partial charge in [0.2, 0.25) is 10.0 Å². The van der Waals surface area contributed by atoms with Crippen LogP contribution in [-0.4, -0.2) is 20.9 Å². The summed E-state index contributed by atoms with van der Waals surface area (Å²) >= 11 is 3.18. The van der Waals surface area contributed by atoms with Crippen LogP contribution >= 0.6 is 15.9 Å². The summed E-state index contributed by atoms with van der Waals surface area (Å²) in [5.74, 6) is -1.29. The molecule has 1 N–H and O–H groups in total. The molecule has 0 saturated heterocycles. The fourth-order valence-electron chi connectivity index (χ4n) is 0.985. The van der Waals surface area contributed by atoms with Gasteiger partial charge in [-0.1, -0.05) is 15.9 Å². The number of carbonyl (C=O) groups is 1. The second-order valence-corrected chi connectivity index (χ2v) is 5.66. The number of carbonyl (C=O) groups excluding carboxylic acids is 1. The first kappa shape index (κ1) is 16.7. The smallest absolute Gasteiger partial charge is 0.550 e. The van der Waals surface area contributed by atoms with E-state index in [9.17, 15) is 18.3 Å². The maximum absolute atomic E-state index is 11.6. The van der Waals surface area contributed by atoms with Crippen LogP contribution in [-0.2, 0) is 14.8 Å². The van der Waals surface area contributed by atoms with Crippen molar-refractivity contribution < 1.29 is 37.2 Å². The summed E-state index contributed by atoms with van der Waals surface area (Å²) in [6.45, 7) is -0.180. The molecule has 0 spiro atoms. The van der Waals surface area contributed by atoms with E-state index in [1.165, 1.54) is 12.1 Å². The van der Waals surface area contributed by atoms with Crippen molar-refractivity contribution in [1.29, 1.82) is 0 Å². The Hall–Kier alpha value is -0.323. The molecule has 0 fully saturated rings. The zero-order valence-electron chi connectivity index (χ0n) is 9.14. The third-order valence-electron chi connectivity index (χ3n) is 1.75. The Labute approximate surface area is 120 Å². The van der Waals surface area contributed by atoms with Crippen molar-refractivity contribution in [2.45, 2.75) is 11.3 Å². The number of aliphatic carboxylic acids is 1. The Bertz CT molecular complexity index is 474. The maximum Gasteiger partial charge on any atom is 1.00 e. The minimum atomic E-state index is -3.63. The number of carboxylic acids is 1. The van der Waals surface area contributed by atoms with Gasteiger partial charge in [0.15, 0.2) is 0 Å². The molecule has 1 aromatic carbocycles. The van der Waals surface area contributed by atoms with Gasteiger partial charge < -0.3 is 9.90 Å². The van der Waals surface area contributed by atoms with Crippen molar-refractivity contribution in [2.24, 2.45) is 0 Å². The largest absolute Gasteiger partial charge is 1.00 e. The minimum absolute atomic E-state index is 0. The molecule has 0 saturated carbocycles. The van der Waals surface area contributed by atoms with Crippen molar-refractivity contribution in [3.63, 3.8) is 0 Å². The zero-order valence-corrected chi connectivity index (χ0v) is 11.5. The molecule has 1 rings (SSSR count). The van der Waals surface area contributed by atoms with Crippen molar-refractivity contribution in [2.75, 3.05) is 6.54 Å². The summed E-state index contributed by atoms with van der Waals surface area (Å²) in [5, 5.41) is 10.1. The Kier molecular flexibility index (Phi) is 7.05. The van der Waals surface area contributed by atoms with Gasteiger partial charge in [-0.2, -0.15) is 0 Å². The van der Waals surface area contributed by atoms with Gasteiger partial charge in [-0.3, -0.25) is 0 Å². The second kappa shape index (κ2) is 7.19. The van der Waals surface area contributed by atoms with Gasteiger partial charge >= 0.3 is 18.9 Å². The quantitative estimate of drug-likeness (QED) is 0.583. The molecule has 0 radical (unpaired) electrons. The van der Waals surface area contributed by atoms with Gasteiger partial charge in [0.25, 0.3) is 0 Å². The third-order valence-corrected chi connectivity index (χ3v) is 3.75. The standard InChI is InChI=1S/C9H10BrNO4S.Li/c10-7-1-3-8(4-2-7)16(14,15)11-6-5-9(12)13;/h1-4,11H,5-6H2,(H,12,13);/q;+1/p-1. The first-order chi connectivity index (χ1) is 7.42. The van der Waals surface area contributed by atoms with Crippen molar-refractivity contribution in [1.82, 2.24) is 4.72 Å². The van der Waals surface area contributed by atoms with E-state index in [4.69, 9.17) is 0 Å². The van der Waals surface area contributed by atoms with Crippen LogP contribution < -0.4 is 28.7 Å². The number of hydrogen-bond acceptors (Lipinski definition) is 4. The molecular formula is C9H9BrLiNO4S. The van der Waals surface area contributed by atoms with Crippen LogP contribution in [0, 0.1) is 0 Å². The predicted molar refractivity (Wildman–Crippen MR) is 59.0 cm³/mol. The molecule has 0 unspecified atom stereocenters. The zero-order chi connectivity index (χ0) is 12.2. The molecule has 17 heavy (non-hydrogen) atoms. The molecule has 0 aliphatic heterocycles. The van der Waals surface area contributed by atoms with Crippen LogP contribution in [0.5, 0.6) is 0 Å². The van der Waals surface area contributed by atoms with E-state index in [1.54, 1.807) is 12.1 Å². The number of carboxylic acid groups (broad SMARTS) is 1. The van der Waals surface area contributed by atoms with Gasteiger partial charge in [-0.05, 0) is 24.3 Å². The van der Waals surface area contributed by atoms with Gasteiger partial charge in [-0.15, -0.1) is 0 Å². The molecule has 0 amide bonds. The SMILES string of the molecule is O=C([O-])CCNS(=O)(=O)c1ccc(Br)cc1.[Li+]. The summed E-state index contributed by atoms with van der Waals surface area (Å²) in [5.41, 5.74) is 0. The van der Waals surface area contributed by atoms with Crippen LogP contribution in [0.25, 0.3) is 0 Å². The molecule has 1 aromatic rings. The Balaban J connectivity index is 0.00000256. The van der Waals surface area contributed by atoms with E-state index in [0.29, 0.717) is 0 Å². The number of halogens is 1. The number of benzene rings is 1. The monoisotopic (exact) mass is 313 g/mol. The Morgan fingerprint density at radius 3 is 2.29 bits per heavy atom. The second-order valence-electron chi connectivity index (χ2n) is 2.97. The predicted octanol–water partition coefficient (Wildman–Crippen LogP) is -3.13. The molecule has 0 atom stereocenters. The van der Waals surface area contributed by atoms with Crippen molar-refractivity contribution in [3.8, 4) is 0 Å². The van der Waals surface area contributed by atoms with Gasteiger partial charge in [0.05, 0.1) is 4.90 Å². The van der Waals surface area contributed by atoms with Crippen molar-refractivity contribution in [3.05, 3.63) is 28.7 Å². The molecule has 0 aliphatic carbocycles. The number of nitrogens with one attached hydrogen (secondary N) is 1. The summed E-state index contributed by atoms with van der Waals surface area (Å²) in [6.07, 6.45) is -0.351.